The van der Waals surface area contributed by atoms with Crippen molar-refractivity contribution < 1.29 is 4.79 Å². The molecule has 0 aromatic carbocycles. The average Bonchev–Trinajstić information content (AvgIpc) is 2.33. The number of amides is 1. The molecule has 0 atom stereocenters. The van der Waals surface area contributed by atoms with Crippen LogP contribution in [0.5, 0.6) is 0 Å². The smallest absolute Gasteiger partial charge is 0.269 e. The molecule has 0 radical (unpaired) electrons. The van der Waals surface area contributed by atoms with Crippen LogP contribution in [0.3, 0.4) is 0 Å². The van der Waals surface area contributed by atoms with E-state index in [4.69, 9.17) is 0 Å². The van der Waals surface area contributed by atoms with Crippen LogP contribution in [0.1, 0.15) is 43.1 Å². The molecule has 1 aliphatic carbocycles. The van der Waals surface area contributed by atoms with Gasteiger partial charge in [0.2, 0.25) is 0 Å². The maximum atomic E-state index is 11.9. The Labute approximate surface area is 108 Å². The molecule has 0 aliphatic heterocycles. The number of nitrogens with zero attached hydrogens (tertiary/aromatic N) is 1. The summed E-state index contributed by atoms with van der Waals surface area (Å²) >= 11 is 0. The van der Waals surface area contributed by atoms with E-state index in [1.807, 2.05) is 19.1 Å². The minimum Gasteiger partial charge on any atom is -0.370 e. The van der Waals surface area contributed by atoms with Gasteiger partial charge in [0.15, 0.2) is 0 Å². The lowest BCUT2D eigenvalue weighted by Crippen LogP contribution is -2.28. The van der Waals surface area contributed by atoms with Gasteiger partial charge in [0.1, 0.15) is 11.5 Å². The van der Waals surface area contributed by atoms with Gasteiger partial charge in [-0.3, -0.25) is 4.79 Å². The molecule has 2 rings (SSSR count). The molecule has 1 fully saturated rings. The Bertz CT molecular complexity index is 402. The van der Waals surface area contributed by atoms with E-state index in [-0.39, 0.29) is 5.91 Å². The quantitative estimate of drug-likeness (QED) is 0.811. The van der Waals surface area contributed by atoms with Crippen LogP contribution >= 0.6 is 0 Å². The fourth-order valence-corrected chi connectivity index (χ4v) is 2.10. The molecule has 1 aromatic rings. The van der Waals surface area contributed by atoms with Crippen molar-refractivity contribution in [2.45, 2.75) is 32.6 Å². The van der Waals surface area contributed by atoms with E-state index in [1.54, 1.807) is 6.07 Å². The molecular formula is C14H21N3O. The van der Waals surface area contributed by atoms with E-state index >= 15 is 0 Å². The Morgan fingerprint density at radius 2 is 2.28 bits per heavy atom. The predicted octanol–water partition coefficient (Wildman–Crippen LogP) is 2.43. The Morgan fingerprint density at radius 1 is 1.44 bits per heavy atom. The summed E-state index contributed by atoms with van der Waals surface area (Å²) < 4.78 is 0. The molecular weight excluding hydrogens is 226 g/mol. The molecule has 98 valence electrons. The minimum absolute atomic E-state index is 0.0749. The van der Waals surface area contributed by atoms with E-state index in [1.165, 1.54) is 19.3 Å². The first-order chi connectivity index (χ1) is 8.79. The number of anilines is 1. The zero-order chi connectivity index (χ0) is 12.8. The second-order valence-corrected chi connectivity index (χ2v) is 4.78. The van der Waals surface area contributed by atoms with E-state index in [0.717, 1.165) is 31.2 Å². The van der Waals surface area contributed by atoms with Gasteiger partial charge in [0.25, 0.3) is 5.91 Å². The van der Waals surface area contributed by atoms with Crippen LogP contribution in [-0.2, 0) is 0 Å². The van der Waals surface area contributed by atoms with Crippen molar-refractivity contribution in [2.75, 3.05) is 18.4 Å². The molecule has 18 heavy (non-hydrogen) atoms. The normalized spacial score (nSPS) is 14.9. The standard InChI is InChI=1S/C14H21N3O/c1-2-15-13-8-4-7-12(17-13)14(18)16-10-9-11-5-3-6-11/h4,7-8,11H,2-3,5-6,9-10H2,1H3,(H,15,17)(H,16,18). The largest absolute Gasteiger partial charge is 0.370 e. The van der Waals surface area contributed by atoms with Gasteiger partial charge < -0.3 is 10.6 Å². The maximum absolute atomic E-state index is 11.9. The number of aromatic nitrogens is 1. The third-order valence-electron chi connectivity index (χ3n) is 3.40. The lowest BCUT2D eigenvalue weighted by atomic mass is 9.83. The molecule has 4 nitrogen and oxygen atoms in total. The summed E-state index contributed by atoms with van der Waals surface area (Å²) in [5.41, 5.74) is 0.488. The molecule has 0 spiro atoms. The molecule has 1 aliphatic rings. The van der Waals surface area contributed by atoms with Crippen molar-refractivity contribution in [1.29, 1.82) is 0 Å². The van der Waals surface area contributed by atoms with Gasteiger partial charge in [-0.05, 0) is 31.4 Å². The fraction of sp³-hybridized carbons (Fsp3) is 0.571. The molecule has 1 amide bonds. The van der Waals surface area contributed by atoms with Crippen molar-refractivity contribution >= 4 is 11.7 Å². The Hall–Kier alpha value is -1.58. The maximum Gasteiger partial charge on any atom is 0.269 e. The van der Waals surface area contributed by atoms with Gasteiger partial charge in [0.05, 0.1) is 0 Å². The van der Waals surface area contributed by atoms with Gasteiger partial charge in [-0.25, -0.2) is 4.98 Å². The number of hydrogen-bond donors (Lipinski definition) is 2. The highest BCUT2D eigenvalue weighted by atomic mass is 16.1. The molecule has 2 N–H and O–H groups in total. The first-order valence-electron chi connectivity index (χ1n) is 6.78. The SMILES string of the molecule is CCNc1cccc(C(=O)NCCC2CCC2)n1. The lowest BCUT2D eigenvalue weighted by molar-refractivity contribution is 0.0944. The van der Waals surface area contributed by atoms with E-state index in [2.05, 4.69) is 15.6 Å². The van der Waals surface area contributed by atoms with Gasteiger partial charge in [-0.15, -0.1) is 0 Å². The molecule has 1 saturated carbocycles. The molecule has 4 heteroatoms. The predicted molar refractivity (Wildman–Crippen MR) is 72.7 cm³/mol. The number of carbonyl (C=O) groups is 1. The Kier molecular flexibility index (Phi) is 4.56. The fourth-order valence-electron chi connectivity index (χ4n) is 2.10. The van der Waals surface area contributed by atoms with Gasteiger partial charge in [-0.1, -0.05) is 25.3 Å². The van der Waals surface area contributed by atoms with E-state index < -0.39 is 0 Å². The van der Waals surface area contributed by atoms with Crippen LogP contribution in [0.4, 0.5) is 5.82 Å². The minimum atomic E-state index is -0.0749. The number of hydrogen-bond acceptors (Lipinski definition) is 3. The third-order valence-corrected chi connectivity index (χ3v) is 3.40. The van der Waals surface area contributed by atoms with Crippen LogP contribution in [0.15, 0.2) is 18.2 Å². The second kappa shape index (κ2) is 6.38. The Balaban J connectivity index is 1.81. The van der Waals surface area contributed by atoms with Crippen LogP contribution in [-0.4, -0.2) is 24.0 Å². The summed E-state index contributed by atoms with van der Waals surface area (Å²) in [6.07, 6.45) is 5.09. The highest BCUT2D eigenvalue weighted by Crippen LogP contribution is 2.28. The van der Waals surface area contributed by atoms with Gasteiger partial charge in [-0.2, -0.15) is 0 Å². The lowest BCUT2D eigenvalue weighted by Gasteiger charge is -2.25. The van der Waals surface area contributed by atoms with Crippen LogP contribution < -0.4 is 10.6 Å². The number of pyridine rings is 1. The number of rotatable bonds is 6. The summed E-state index contributed by atoms with van der Waals surface area (Å²) in [6.45, 7) is 3.57. The molecule has 1 heterocycles. The highest BCUT2D eigenvalue weighted by Gasteiger charge is 2.17. The molecule has 0 bridgehead atoms. The summed E-state index contributed by atoms with van der Waals surface area (Å²) in [5.74, 6) is 1.50. The van der Waals surface area contributed by atoms with Crippen LogP contribution in [0.2, 0.25) is 0 Å². The van der Waals surface area contributed by atoms with Crippen LogP contribution in [0, 0.1) is 5.92 Å². The highest BCUT2D eigenvalue weighted by molar-refractivity contribution is 5.92. The van der Waals surface area contributed by atoms with Crippen molar-refractivity contribution in [3.05, 3.63) is 23.9 Å². The van der Waals surface area contributed by atoms with Crippen LogP contribution in [0.25, 0.3) is 0 Å². The summed E-state index contributed by atoms with van der Waals surface area (Å²) in [5, 5.41) is 6.04. The summed E-state index contributed by atoms with van der Waals surface area (Å²) in [6, 6.07) is 5.47. The van der Waals surface area contributed by atoms with E-state index in [9.17, 15) is 4.79 Å². The first kappa shape index (κ1) is 12.9. The van der Waals surface area contributed by atoms with E-state index in [0.29, 0.717) is 5.69 Å². The Morgan fingerprint density at radius 3 is 2.94 bits per heavy atom. The average molecular weight is 247 g/mol. The monoisotopic (exact) mass is 247 g/mol. The molecule has 1 aromatic heterocycles. The number of nitrogens with one attached hydrogen (secondary N) is 2. The second-order valence-electron chi connectivity index (χ2n) is 4.78. The first-order valence-corrected chi connectivity index (χ1v) is 6.78. The summed E-state index contributed by atoms with van der Waals surface area (Å²) in [7, 11) is 0. The van der Waals surface area contributed by atoms with Crippen molar-refractivity contribution in [3.8, 4) is 0 Å². The van der Waals surface area contributed by atoms with Gasteiger partial charge in [0, 0.05) is 13.1 Å². The third kappa shape index (κ3) is 3.45. The number of carbonyl (C=O) groups excluding carboxylic acids is 1. The topological polar surface area (TPSA) is 54.0 Å². The van der Waals surface area contributed by atoms with Crippen molar-refractivity contribution in [3.63, 3.8) is 0 Å². The molecule has 0 unspecified atom stereocenters. The van der Waals surface area contributed by atoms with Crippen molar-refractivity contribution in [1.82, 2.24) is 10.3 Å². The summed E-state index contributed by atoms with van der Waals surface area (Å²) in [4.78, 5) is 16.2. The van der Waals surface area contributed by atoms with Crippen molar-refractivity contribution in [2.24, 2.45) is 5.92 Å². The zero-order valence-electron chi connectivity index (χ0n) is 10.9. The van der Waals surface area contributed by atoms with Gasteiger partial charge >= 0.3 is 0 Å². The zero-order valence-corrected chi connectivity index (χ0v) is 10.9. The molecule has 0 saturated heterocycles.